The van der Waals surface area contributed by atoms with Gasteiger partial charge in [0.1, 0.15) is 0 Å². The van der Waals surface area contributed by atoms with Crippen molar-refractivity contribution in [3.63, 3.8) is 0 Å². The first-order valence-corrected chi connectivity index (χ1v) is 5.07. The van der Waals surface area contributed by atoms with Gasteiger partial charge in [0.25, 0.3) is 0 Å². The van der Waals surface area contributed by atoms with Crippen molar-refractivity contribution in [3.05, 3.63) is 30.3 Å². The van der Waals surface area contributed by atoms with Crippen molar-refractivity contribution in [1.29, 1.82) is 0 Å². The van der Waals surface area contributed by atoms with Crippen molar-refractivity contribution in [2.75, 3.05) is 6.66 Å². The molecule has 0 aliphatic rings. The average Bonchev–Trinajstić information content (AvgIpc) is 1.88. The molecule has 11 heavy (non-hydrogen) atoms. The predicted molar refractivity (Wildman–Crippen MR) is 41.8 cm³/mol. The normalized spacial score (nSPS) is 14.7. The van der Waals surface area contributed by atoms with E-state index in [9.17, 15) is 4.57 Å². The van der Waals surface area contributed by atoms with Gasteiger partial charge in [-0.15, -0.1) is 0 Å². The zero-order valence-corrected chi connectivity index (χ0v) is 9.54. The fraction of sp³-hybridized carbons (Fsp3) is 0.143. The van der Waals surface area contributed by atoms with Crippen LogP contribution in [0, 0.1) is 0 Å². The number of rotatable bonds is 1. The predicted octanol–water partition coefficient (Wildman–Crippen LogP) is 1.21. The van der Waals surface area contributed by atoms with Crippen LogP contribution in [-0.2, 0) is 30.8 Å². The summed E-state index contributed by atoms with van der Waals surface area (Å²) in [6.07, 6.45) is 0. The number of hydrogen-bond donors (Lipinski definition) is 1. The van der Waals surface area contributed by atoms with Crippen LogP contribution in [0.25, 0.3) is 0 Å². The van der Waals surface area contributed by atoms with E-state index in [0.717, 1.165) is 0 Å². The van der Waals surface area contributed by atoms with Crippen LogP contribution in [-0.4, -0.2) is 11.6 Å². The van der Waals surface area contributed by atoms with Crippen LogP contribution in [0.1, 0.15) is 0 Å². The second-order valence-electron chi connectivity index (χ2n) is 2.21. The Labute approximate surface area is 85.2 Å². The summed E-state index contributed by atoms with van der Waals surface area (Å²) in [6.45, 7) is 1.34. The molecule has 1 rings (SSSR count). The van der Waals surface area contributed by atoms with Crippen molar-refractivity contribution in [1.82, 2.24) is 0 Å². The van der Waals surface area contributed by atoms with Gasteiger partial charge in [0.05, 0.1) is 0 Å². The molecular formula is C7H9O2PZr. The van der Waals surface area contributed by atoms with Gasteiger partial charge in [-0.25, -0.2) is 0 Å². The van der Waals surface area contributed by atoms with Crippen molar-refractivity contribution in [2.24, 2.45) is 0 Å². The summed E-state index contributed by atoms with van der Waals surface area (Å²) < 4.78 is 11.0. The molecule has 0 amide bonds. The smallest absolute Gasteiger partial charge is 0.226 e. The Balaban J connectivity index is 0.000001000. The molecule has 0 bridgehead atoms. The van der Waals surface area contributed by atoms with Gasteiger partial charge in [0.15, 0.2) is 0 Å². The van der Waals surface area contributed by atoms with Gasteiger partial charge in [0.2, 0.25) is 7.37 Å². The van der Waals surface area contributed by atoms with E-state index in [1.54, 1.807) is 24.3 Å². The average molecular weight is 247 g/mol. The van der Waals surface area contributed by atoms with E-state index < -0.39 is 7.37 Å². The minimum Gasteiger partial charge on any atom is -0.341 e. The first-order chi connectivity index (χ1) is 4.61. The largest absolute Gasteiger partial charge is 0.341 e. The molecular weight excluding hydrogens is 238 g/mol. The van der Waals surface area contributed by atoms with Gasteiger partial charge in [-0.3, -0.25) is 4.57 Å². The molecule has 1 unspecified atom stereocenters. The summed E-state index contributed by atoms with van der Waals surface area (Å²) in [7, 11) is -3.02. The monoisotopic (exact) mass is 246 g/mol. The Hall–Kier alpha value is 0.293. The molecule has 1 aromatic rings. The van der Waals surface area contributed by atoms with Crippen molar-refractivity contribution in [2.45, 2.75) is 0 Å². The number of benzene rings is 1. The molecule has 1 aromatic carbocycles. The summed E-state index contributed by atoms with van der Waals surface area (Å²) in [5, 5.41) is 0.509. The molecule has 1 atom stereocenters. The second kappa shape index (κ2) is 4.35. The van der Waals surface area contributed by atoms with Gasteiger partial charge < -0.3 is 4.89 Å². The van der Waals surface area contributed by atoms with Crippen molar-refractivity contribution >= 4 is 12.7 Å². The molecule has 0 radical (unpaired) electrons. The zero-order valence-electron chi connectivity index (χ0n) is 6.19. The van der Waals surface area contributed by atoms with Crippen LogP contribution < -0.4 is 5.30 Å². The third kappa shape index (κ3) is 3.47. The SMILES string of the molecule is CP(=O)(O)c1ccccc1.[Zr]. The van der Waals surface area contributed by atoms with Crippen molar-refractivity contribution in [3.8, 4) is 0 Å². The Morgan fingerprint density at radius 2 is 1.73 bits per heavy atom. The first kappa shape index (κ1) is 11.3. The maximum atomic E-state index is 11.0. The summed E-state index contributed by atoms with van der Waals surface area (Å²) in [5.41, 5.74) is 0. The standard InChI is InChI=1S/C7H9O2P.Zr/c1-10(8,9)7-5-3-2-4-6-7;/h2-6H,1H3,(H,8,9);. The molecule has 0 aromatic heterocycles. The topological polar surface area (TPSA) is 37.3 Å². The van der Waals surface area contributed by atoms with Crippen molar-refractivity contribution < 1.29 is 35.7 Å². The van der Waals surface area contributed by atoms with E-state index in [4.69, 9.17) is 4.89 Å². The van der Waals surface area contributed by atoms with E-state index in [-0.39, 0.29) is 26.2 Å². The third-order valence-corrected chi connectivity index (χ3v) is 2.49. The van der Waals surface area contributed by atoms with E-state index in [1.165, 1.54) is 6.66 Å². The van der Waals surface area contributed by atoms with Crippen LogP contribution in [0.5, 0.6) is 0 Å². The van der Waals surface area contributed by atoms with Gasteiger partial charge >= 0.3 is 0 Å². The van der Waals surface area contributed by atoms with Gasteiger partial charge in [0, 0.05) is 38.2 Å². The molecule has 0 aliphatic heterocycles. The molecule has 0 fully saturated rings. The van der Waals surface area contributed by atoms with Crippen LogP contribution in [0.15, 0.2) is 30.3 Å². The fourth-order valence-electron chi connectivity index (χ4n) is 0.705. The van der Waals surface area contributed by atoms with E-state index in [0.29, 0.717) is 5.30 Å². The van der Waals surface area contributed by atoms with Crippen LogP contribution in [0.4, 0.5) is 0 Å². The Kier molecular flexibility index (Phi) is 4.47. The minimum atomic E-state index is -3.02. The molecule has 0 spiro atoms. The Morgan fingerprint density at radius 3 is 2.00 bits per heavy atom. The molecule has 0 saturated carbocycles. The quantitative estimate of drug-likeness (QED) is 0.757. The zero-order chi connectivity index (χ0) is 7.61. The third-order valence-electron chi connectivity index (χ3n) is 1.24. The van der Waals surface area contributed by atoms with Gasteiger partial charge in [-0.2, -0.15) is 0 Å². The Bertz CT molecular complexity index is 254. The van der Waals surface area contributed by atoms with E-state index >= 15 is 0 Å². The maximum absolute atomic E-state index is 11.0. The summed E-state index contributed by atoms with van der Waals surface area (Å²) >= 11 is 0. The minimum absolute atomic E-state index is 0. The summed E-state index contributed by atoms with van der Waals surface area (Å²) in [6, 6.07) is 8.63. The van der Waals surface area contributed by atoms with Crippen LogP contribution in [0.2, 0.25) is 0 Å². The molecule has 1 N–H and O–H groups in total. The molecule has 4 heteroatoms. The molecule has 0 saturated heterocycles. The van der Waals surface area contributed by atoms with E-state index in [2.05, 4.69) is 0 Å². The molecule has 0 heterocycles. The van der Waals surface area contributed by atoms with Gasteiger partial charge in [-0.05, 0) is 12.1 Å². The van der Waals surface area contributed by atoms with E-state index in [1.807, 2.05) is 6.07 Å². The number of hydrogen-bond acceptors (Lipinski definition) is 1. The first-order valence-electron chi connectivity index (χ1n) is 2.96. The second-order valence-corrected chi connectivity index (χ2v) is 4.49. The summed E-state index contributed by atoms with van der Waals surface area (Å²) in [4.78, 5) is 9.04. The molecule has 58 valence electrons. The summed E-state index contributed by atoms with van der Waals surface area (Å²) in [5.74, 6) is 0. The molecule has 0 aliphatic carbocycles. The van der Waals surface area contributed by atoms with Crippen LogP contribution >= 0.6 is 7.37 Å². The maximum Gasteiger partial charge on any atom is 0.226 e. The fourth-order valence-corrected chi connectivity index (χ4v) is 1.43. The van der Waals surface area contributed by atoms with Crippen LogP contribution in [0.3, 0.4) is 0 Å². The Morgan fingerprint density at radius 1 is 1.27 bits per heavy atom. The molecule has 2 nitrogen and oxygen atoms in total. The van der Waals surface area contributed by atoms with Gasteiger partial charge in [-0.1, -0.05) is 18.2 Å².